The average molecular weight is 1330 g/mol. The quantitative estimate of drug-likeness (QED) is 0.132. The van der Waals surface area contributed by atoms with Crippen LogP contribution in [0.25, 0.3) is 22.5 Å². The molecule has 4 atom stereocenters. The molecule has 8 aromatic heterocycles. The Morgan fingerprint density at radius 1 is 0.479 bits per heavy atom. The van der Waals surface area contributed by atoms with Crippen LogP contribution in [0.3, 0.4) is 0 Å². The molecular weight excluding hydrogens is 1270 g/mol. The summed E-state index contributed by atoms with van der Waals surface area (Å²) in [6.07, 6.45) is 3.66. The number of rotatable bonds is 6. The summed E-state index contributed by atoms with van der Waals surface area (Å²) in [5.74, 6) is 1.25. The highest BCUT2D eigenvalue weighted by atomic mass is 19.4. The summed E-state index contributed by atoms with van der Waals surface area (Å²) in [7, 11) is 0. The third kappa shape index (κ3) is 13.6. The molecule has 0 spiro atoms. The van der Waals surface area contributed by atoms with E-state index in [1.807, 2.05) is 0 Å². The maximum atomic E-state index is 13.5. The molecule has 7 aliphatic heterocycles. The van der Waals surface area contributed by atoms with E-state index in [-0.39, 0.29) is 64.9 Å². The number of urea groups is 3. The Bertz CT molecular complexity index is 4180. The summed E-state index contributed by atoms with van der Waals surface area (Å²) >= 11 is 0. The lowest BCUT2D eigenvalue weighted by atomic mass is 9.99. The number of halogens is 10. The topological polar surface area (TPSA) is 226 Å². The Kier molecular flexibility index (Phi) is 17.6. The Balaban J connectivity index is 0.000000130. The molecule has 6 amide bonds. The number of aromatic nitrogens is 9. The van der Waals surface area contributed by atoms with Crippen molar-refractivity contribution >= 4 is 75.6 Å². The molecule has 22 nitrogen and oxygen atoms in total. The fraction of sp³-hybridized carbons (Fsp3) is 0.344. The minimum absolute atomic E-state index is 0.0564. The number of nitrogens with one attached hydrogen (secondary N) is 3. The maximum Gasteiger partial charge on any atom is 0.433 e. The first-order valence-corrected chi connectivity index (χ1v) is 30.9. The van der Waals surface area contributed by atoms with Crippen molar-refractivity contribution in [2.24, 2.45) is 0 Å². The lowest BCUT2D eigenvalue weighted by Crippen LogP contribution is -2.56. The van der Waals surface area contributed by atoms with Gasteiger partial charge in [0.25, 0.3) is 0 Å². The highest BCUT2D eigenvalue weighted by Crippen LogP contribution is 2.45. The van der Waals surface area contributed by atoms with Gasteiger partial charge in [-0.05, 0) is 118 Å². The van der Waals surface area contributed by atoms with Gasteiger partial charge in [-0.25, -0.2) is 48.7 Å². The van der Waals surface area contributed by atoms with Crippen LogP contribution in [0, 0.1) is 5.82 Å². The van der Waals surface area contributed by atoms with Crippen LogP contribution in [-0.2, 0) is 12.4 Å². The fourth-order valence-corrected chi connectivity index (χ4v) is 13.2. The number of carbonyl (C=O) groups excluding carboxylic acids is 3. The number of amides is 6. The molecule has 3 N–H and O–H groups in total. The second-order valence-electron chi connectivity index (χ2n) is 23.7. The van der Waals surface area contributed by atoms with Crippen LogP contribution in [0.1, 0.15) is 62.6 Å². The Morgan fingerprint density at radius 2 is 1.02 bits per heavy atom. The first-order valence-electron chi connectivity index (χ1n) is 30.9. The monoisotopic (exact) mass is 1330 g/mol. The van der Waals surface area contributed by atoms with Crippen molar-refractivity contribution in [1.82, 2.24) is 44.9 Å². The number of fused-ring (bicyclic) bond motifs is 12. The van der Waals surface area contributed by atoms with E-state index in [0.29, 0.717) is 72.9 Å². The molecule has 96 heavy (non-hydrogen) atoms. The van der Waals surface area contributed by atoms with Crippen molar-refractivity contribution in [2.45, 2.75) is 94.1 Å². The largest absolute Gasteiger partial charge is 0.433 e. The van der Waals surface area contributed by atoms with E-state index in [1.165, 1.54) is 47.0 Å². The number of piperidine rings is 3. The van der Waals surface area contributed by atoms with Gasteiger partial charge in [-0.1, -0.05) is 6.07 Å². The Morgan fingerprint density at radius 3 is 1.58 bits per heavy atom. The third-order valence-electron chi connectivity index (χ3n) is 17.5. The van der Waals surface area contributed by atoms with Crippen molar-refractivity contribution < 1.29 is 58.3 Å². The maximum absolute atomic E-state index is 13.5. The number of nitrogens with zero attached hydrogens (tertiary/aromatic N) is 16. The molecule has 7 aliphatic rings. The number of hydrogen-bond acceptors (Lipinski definition) is 16. The van der Waals surface area contributed by atoms with Gasteiger partial charge >= 0.3 is 36.6 Å². The molecule has 6 bridgehead atoms. The highest BCUT2D eigenvalue weighted by molar-refractivity contribution is 6.06. The van der Waals surface area contributed by atoms with Gasteiger partial charge in [0.2, 0.25) is 0 Å². The molecule has 0 radical (unpaired) electrons. The van der Waals surface area contributed by atoms with E-state index >= 15 is 0 Å². The van der Waals surface area contributed by atoms with Crippen LogP contribution in [-0.4, -0.2) is 139 Å². The molecule has 0 aromatic carbocycles. The van der Waals surface area contributed by atoms with E-state index in [0.717, 1.165) is 106 Å². The molecule has 0 saturated carbocycles. The Hall–Kier alpha value is -10.6. The summed E-state index contributed by atoms with van der Waals surface area (Å²) in [5.41, 5.74) is 2.08. The third-order valence-corrected chi connectivity index (χ3v) is 17.5. The van der Waals surface area contributed by atoms with E-state index < -0.39 is 47.7 Å². The predicted octanol–water partition coefficient (Wildman–Crippen LogP) is 12.7. The first kappa shape index (κ1) is 64.2. The van der Waals surface area contributed by atoms with Gasteiger partial charge in [0, 0.05) is 87.8 Å². The normalized spacial score (nSPS) is 19.3. The standard InChI is InChI=1S/C22H18F4N6O.C21H18F3N7O.C21H23F3N6O/c23-14-9-15(11-27-10-14)29-21(33)32-16-2-1-7-31(12-16)18-4-3-17(30-20(18)32)13-5-6-28-19(8-13)22(24,25)26;22-21(23,24)14-6-13(7-25-8-14)17-3-4-18-19(29-17)31(16-2-1-5-30(18)11-16)20(32)28-15-9-26-12-27-10-15;22-21(23,24)16-6-4-12-29(16)18-9-8-15-19(27-18)30(14-5-3-11-28(15)13-14)20(31)26-17-7-1-2-10-25-17/h3-6,8-11,16H,1-2,7,12H2,(H,29,33);3-4,6-10,12,16H,1-2,5,11H2,(H,28,32);1-2,7-10,14,16H,3-6,11-13H2,(H,25,26,31)/t2*16-;14-,16-/m000/s1. The highest BCUT2D eigenvalue weighted by Gasteiger charge is 2.48. The van der Waals surface area contributed by atoms with E-state index in [9.17, 15) is 58.3 Å². The van der Waals surface area contributed by atoms with Crippen LogP contribution in [0.5, 0.6) is 0 Å². The zero-order valence-electron chi connectivity index (χ0n) is 50.8. The molecule has 0 aliphatic carbocycles. The minimum Gasteiger partial charge on any atom is -0.366 e. The number of alkyl halides is 9. The number of carbonyl (C=O) groups is 3. The lowest BCUT2D eigenvalue weighted by molar-refractivity contribution is -0.146. The van der Waals surface area contributed by atoms with Gasteiger partial charge in [-0.3, -0.25) is 35.0 Å². The minimum atomic E-state index is -4.59. The molecule has 4 fully saturated rings. The number of pyridine rings is 7. The summed E-state index contributed by atoms with van der Waals surface area (Å²) in [5, 5.41) is 8.24. The molecule has 32 heteroatoms. The van der Waals surface area contributed by atoms with Crippen LogP contribution in [0.2, 0.25) is 0 Å². The van der Waals surface area contributed by atoms with Crippen LogP contribution in [0.4, 0.5) is 116 Å². The van der Waals surface area contributed by atoms with Crippen LogP contribution >= 0.6 is 0 Å². The van der Waals surface area contributed by atoms with E-state index in [1.54, 1.807) is 70.6 Å². The van der Waals surface area contributed by atoms with Crippen molar-refractivity contribution in [3.05, 3.63) is 152 Å². The molecule has 0 unspecified atom stereocenters. The van der Waals surface area contributed by atoms with E-state index in [2.05, 4.69) is 75.5 Å². The fourth-order valence-electron chi connectivity index (χ4n) is 13.2. The van der Waals surface area contributed by atoms with Gasteiger partial charge in [0.15, 0.2) is 17.5 Å². The van der Waals surface area contributed by atoms with Gasteiger partial charge in [0.05, 0.1) is 88.3 Å². The van der Waals surface area contributed by atoms with Crippen molar-refractivity contribution in [3.8, 4) is 22.5 Å². The molecule has 15 rings (SSSR count). The lowest BCUT2D eigenvalue weighted by Gasteiger charge is -2.46. The molecule has 8 aromatic rings. The summed E-state index contributed by atoms with van der Waals surface area (Å²) in [6.45, 7) is 4.71. The number of hydrogen-bond donors (Lipinski definition) is 3. The van der Waals surface area contributed by atoms with Gasteiger partial charge in [-0.15, -0.1) is 0 Å². The molecule has 15 heterocycles. The molecule has 498 valence electrons. The average Bonchev–Trinajstić information content (AvgIpc) is 0.864. The van der Waals surface area contributed by atoms with Gasteiger partial charge in [0.1, 0.15) is 35.5 Å². The predicted molar refractivity (Wildman–Crippen MR) is 336 cm³/mol. The van der Waals surface area contributed by atoms with Crippen molar-refractivity contribution in [2.75, 3.05) is 96.1 Å². The zero-order chi connectivity index (χ0) is 67.0. The van der Waals surface area contributed by atoms with Crippen LogP contribution < -0.4 is 50.2 Å². The SMILES string of the molecule is O=C(Nc1ccccn1)N1c2nc(N3CCC[C@H]3C(F)(F)F)ccc2N2CCC[C@H]1C2.O=C(Nc1cncc(F)c1)N1c2nc(-c3ccnc(C(F)(F)F)c3)ccc2N2CCC[C@H]1C2.O=C(Nc1cncnc1)N1c2nc(-c3cncc(C(F)(F)F)c3)ccc2N2CCC[C@H]1C2. The summed E-state index contributed by atoms with van der Waals surface area (Å²) in [6, 6.07) is 16.9. The van der Waals surface area contributed by atoms with Crippen molar-refractivity contribution in [3.63, 3.8) is 0 Å². The van der Waals surface area contributed by atoms with Crippen LogP contribution in [0.15, 0.2) is 135 Å². The smallest absolute Gasteiger partial charge is 0.366 e. The summed E-state index contributed by atoms with van der Waals surface area (Å²) in [4.78, 5) is 88.7. The second-order valence-corrected chi connectivity index (χ2v) is 23.7. The van der Waals surface area contributed by atoms with Crippen molar-refractivity contribution in [1.29, 1.82) is 0 Å². The van der Waals surface area contributed by atoms with E-state index in [4.69, 9.17) is 0 Å². The second kappa shape index (κ2) is 26.3. The molecule has 4 saturated heterocycles. The zero-order valence-corrected chi connectivity index (χ0v) is 50.8. The van der Waals surface area contributed by atoms with Gasteiger partial charge in [-0.2, -0.15) is 39.5 Å². The first-order chi connectivity index (χ1) is 46.1. The van der Waals surface area contributed by atoms with Gasteiger partial charge < -0.3 is 30.2 Å². The number of anilines is 10. The molecular formula is C64H59F10N19O3. The Labute approximate surface area is 541 Å². The summed E-state index contributed by atoms with van der Waals surface area (Å²) < 4.78 is 133.